The van der Waals surface area contributed by atoms with Crippen LogP contribution in [0.2, 0.25) is 0 Å². The van der Waals surface area contributed by atoms with E-state index in [4.69, 9.17) is 4.74 Å². The molecule has 2 heterocycles. The molecule has 1 fully saturated rings. The number of nitrogens with zero attached hydrogens (tertiary/aromatic N) is 1. The molecule has 1 aliphatic heterocycles. The number of H-pyrrole nitrogens is 1. The summed E-state index contributed by atoms with van der Waals surface area (Å²) < 4.78 is 4.73. The zero-order valence-corrected chi connectivity index (χ0v) is 11.5. The summed E-state index contributed by atoms with van der Waals surface area (Å²) in [4.78, 5) is 30.6. The molecule has 7 heteroatoms. The van der Waals surface area contributed by atoms with Gasteiger partial charge in [0.25, 0.3) is 0 Å². The summed E-state index contributed by atoms with van der Waals surface area (Å²) >= 11 is 1.76. The van der Waals surface area contributed by atoms with E-state index >= 15 is 0 Å². The maximum absolute atomic E-state index is 12.0. The van der Waals surface area contributed by atoms with Crippen LogP contribution in [0.25, 0.3) is 0 Å². The number of carbonyl (C=O) groups excluding carboxylic acids is 2. The Labute approximate surface area is 115 Å². The van der Waals surface area contributed by atoms with Gasteiger partial charge < -0.3 is 15.0 Å². The van der Waals surface area contributed by atoms with E-state index < -0.39 is 12.0 Å². The highest BCUT2D eigenvalue weighted by Gasteiger charge is 2.28. The van der Waals surface area contributed by atoms with E-state index in [1.165, 1.54) is 7.11 Å². The molecule has 1 amide bonds. The first-order valence-electron chi connectivity index (χ1n) is 6.14. The minimum absolute atomic E-state index is 0.000997. The number of ether oxygens (including phenoxy) is 1. The van der Waals surface area contributed by atoms with Gasteiger partial charge in [-0.15, -0.1) is 0 Å². The molecule has 6 nitrogen and oxygen atoms in total. The zero-order chi connectivity index (χ0) is 13.7. The predicted molar refractivity (Wildman–Crippen MR) is 71.7 cm³/mol. The standard InChI is InChI=1S/C12H17N3O3S/c1-18-12(17)10(4-9-5-13-7-14-9)15-11(16)8-2-3-19-6-8/h5,7-8,10H,2-4,6H2,1H3,(H,13,14)(H,15,16)/t8?,10-/m0/s1. The van der Waals surface area contributed by atoms with Crippen molar-refractivity contribution in [3.05, 3.63) is 18.2 Å². The molecule has 0 bridgehead atoms. The van der Waals surface area contributed by atoms with Crippen molar-refractivity contribution in [1.82, 2.24) is 15.3 Å². The first-order chi connectivity index (χ1) is 9.20. The zero-order valence-electron chi connectivity index (χ0n) is 10.7. The Morgan fingerprint density at radius 3 is 3.11 bits per heavy atom. The van der Waals surface area contributed by atoms with E-state index in [-0.39, 0.29) is 11.8 Å². The number of amides is 1. The van der Waals surface area contributed by atoms with Gasteiger partial charge in [0.05, 0.1) is 13.4 Å². The fourth-order valence-electron chi connectivity index (χ4n) is 1.98. The predicted octanol–water partition coefficient (Wildman–Crippen LogP) is 0.363. The number of carbonyl (C=O) groups is 2. The molecule has 0 saturated carbocycles. The summed E-state index contributed by atoms with van der Waals surface area (Å²) in [6.07, 6.45) is 4.40. The van der Waals surface area contributed by atoms with Gasteiger partial charge in [-0.1, -0.05) is 0 Å². The molecule has 19 heavy (non-hydrogen) atoms. The molecule has 2 N–H and O–H groups in total. The second kappa shape index (κ2) is 6.60. The summed E-state index contributed by atoms with van der Waals surface area (Å²) in [6.45, 7) is 0. The molecular formula is C12H17N3O3S. The van der Waals surface area contributed by atoms with Crippen LogP contribution in [0.5, 0.6) is 0 Å². The molecule has 0 spiro atoms. The van der Waals surface area contributed by atoms with Gasteiger partial charge in [-0.25, -0.2) is 9.78 Å². The number of hydrogen-bond acceptors (Lipinski definition) is 5. The van der Waals surface area contributed by atoms with Gasteiger partial charge in [0.2, 0.25) is 5.91 Å². The summed E-state index contributed by atoms with van der Waals surface area (Å²) in [5.41, 5.74) is 0.788. The van der Waals surface area contributed by atoms with Gasteiger partial charge in [0.15, 0.2) is 0 Å². The van der Waals surface area contributed by atoms with Crippen molar-refractivity contribution in [2.75, 3.05) is 18.6 Å². The normalized spacial score (nSPS) is 19.9. The van der Waals surface area contributed by atoms with Crippen molar-refractivity contribution in [3.63, 3.8) is 0 Å². The van der Waals surface area contributed by atoms with Crippen LogP contribution in [0.1, 0.15) is 12.1 Å². The molecule has 1 unspecified atom stereocenters. The molecule has 2 rings (SSSR count). The average Bonchev–Trinajstić information content (AvgIpc) is 3.09. The third-order valence-corrected chi connectivity index (χ3v) is 4.24. The molecule has 1 saturated heterocycles. The third-order valence-electron chi connectivity index (χ3n) is 3.08. The number of rotatable bonds is 5. The highest BCUT2D eigenvalue weighted by molar-refractivity contribution is 7.99. The minimum atomic E-state index is -0.663. The first kappa shape index (κ1) is 13.9. The highest BCUT2D eigenvalue weighted by atomic mass is 32.2. The molecule has 1 aromatic heterocycles. The fourth-order valence-corrected chi connectivity index (χ4v) is 3.20. The Morgan fingerprint density at radius 1 is 1.68 bits per heavy atom. The van der Waals surface area contributed by atoms with Crippen LogP contribution in [-0.4, -0.2) is 46.5 Å². The quantitative estimate of drug-likeness (QED) is 0.762. The Hall–Kier alpha value is -1.50. The number of methoxy groups -OCH3 is 1. The summed E-state index contributed by atoms with van der Waals surface area (Å²) in [5, 5.41) is 2.77. The Kier molecular flexibility index (Phi) is 4.84. The lowest BCUT2D eigenvalue weighted by Crippen LogP contribution is -2.45. The van der Waals surface area contributed by atoms with Crippen molar-refractivity contribution in [3.8, 4) is 0 Å². The number of aromatic amines is 1. The third kappa shape index (κ3) is 3.73. The number of thioether (sulfide) groups is 1. The second-order valence-corrected chi connectivity index (χ2v) is 5.58. The van der Waals surface area contributed by atoms with E-state index in [9.17, 15) is 9.59 Å². The molecule has 104 valence electrons. The molecular weight excluding hydrogens is 266 g/mol. The van der Waals surface area contributed by atoms with Crippen molar-refractivity contribution >= 4 is 23.6 Å². The van der Waals surface area contributed by atoms with Crippen molar-refractivity contribution < 1.29 is 14.3 Å². The van der Waals surface area contributed by atoms with Gasteiger partial charge in [0, 0.05) is 30.0 Å². The molecule has 0 aromatic carbocycles. The maximum atomic E-state index is 12.0. The van der Waals surface area contributed by atoms with Crippen LogP contribution in [0.3, 0.4) is 0 Å². The van der Waals surface area contributed by atoms with E-state index in [0.717, 1.165) is 23.6 Å². The topological polar surface area (TPSA) is 84.1 Å². The number of nitrogens with one attached hydrogen (secondary N) is 2. The summed E-state index contributed by atoms with van der Waals surface area (Å²) in [5.74, 6) is 1.32. The average molecular weight is 283 g/mol. The minimum Gasteiger partial charge on any atom is -0.467 e. The van der Waals surface area contributed by atoms with E-state index in [1.54, 1.807) is 24.3 Å². The highest BCUT2D eigenvalue weighted by Crippen LogP contribution is 2.23. The summed E-state index contributed by atoms with van der Waals surface area (Å²) in [7, 11) is 1.32. The number of hydrogen-bond donors (Lipinski definition) is 2. The SMILES string of the molecule is COC(=O)[C@H](Cc1cnc[nH]1)NC(=O)C1CCSC1. The Bertz CT molecular complexity index is 429. The van der Waals surface area contributed by atoms with Crippen LogP contribution < -0.4 is 5.32 Å². The molecule has 0 radical (unpaired) electrons. The van der Waals surface area contributed by atoms with E-state index in [1.807, 2.05) is 0 Å². The van der Waals surface area contributed by atoms with Crippen molar-refractivity contribution in [1.29, 1.82) is 0 Å². The summed E-state index contributed by atoms with van der Waals surface area (Å²) in [6, 6.07) is -0.663. The van der Waals surface area contributed by atoms with Gasteiger partial charge >= 0.3 is 5.97 Å². The van der Waals surface area contributed by atoms with E-state index in [2.05, 4.69) is 15.3 Å². The fraction of sp³-hybridized carbons (Fsp3) is 0.583. The lowest BCUT2D eigenvalue weighted by molar-refractivity contribution is -0.145. The van der Waals surface area contributed by atoms with Gasteiger partial charge in [-0.3, -0.25) is 4.79 Å². The Balaban J connectivity index is 1.97. The first-order valence-corrected chi connectivity index (χ1v) is 7.29. The molecule has 2 atom stereocenters. The van der Waals surface area contributed by atoms with Crippen LogP contribution >= 0.6 is 11.8 Å². The van der Waals surface area contributed by atoms with Gasteiger partial charge in [-0.05, 0) is 12.2 Å². The number of esters is 1. The van der Waals surface area contributed by atoms with Crippen LogP contribution in [-0.2, 0) is 20.7 Å². The van der Waals surface area contributed by atoms with Gasteiger partial charge in [-0.2, -0.15) is 11.8 Å². The lowest BCUT2D eigenvalue weighted by Gasteiger charge is -2.18. The second-order valence-electron chi connectivity index (χ2n) is 4.43. The largest absolute Gasteiger partial charge is 0.467 e. The van der Waals surface area contributed by atoms with Crippen LogP contribution in [0, 0.1) is 5.92 Å². The number of aromatic nitrogens is 2. The maximum Gasteiger partial charge on any atom is 0.328 e. The van der Waals surface area contributed by atoms with Crippen LogP contribution in [0.4, 0.5) is 0 Å². The monoisotopic (exact) mass is 283 g/mol. The molecule has 1 aliphatic rings. The smallest absolute Gasteiger partial charge is 0.328 e. The number of imidazole rings is 1. The lowest BCUT2D eigenvalue weighted by atomic mass is 10.1. The van der Waals surface area contributed by atoms with Gasteiger partial charge in [0.1, 0.15) is 6.04 Å². The van der Waals surface area contributed by atoms with Crippen molar-refractivity contribution in [2.24, 2.45) is 5.92 Å². The Morgan fingerprint density at radius 2 is 2.53 bits per heavy atom. The van der Waals surface area contributed by atoms with Crippen LogP contribution in [0.15, 0.2) is 12.5 Å². The van der Waals surface area contributed by atoms with Crippen molar-refractivity contribution in [2.45, 2.75) is 18.9 Å². The molecule has 1 aromatic rings. The molecule has 0 aliphatic carbocycles. The van der Waals surface area contributed by atoms with E-state index in [0.29, 0.717) is 6.42 Å².